The van der Waals surface area contributed by atoms with Gasteiger partial charge in [0.1, 0.15) is 11.5 Å². The largest absolute Gasteiger partial charge is 0.507 e. The lowest BCUT2D eigenvalue weighted by atomic mass is 9.45. The molecule has 4 aliphatic carbocycles. The quantitative estimate of drug-likeness (QED) is 0.250. The number of hydrogen-bond acceptors (Lipinski definition) is 2. The van der Waals surface area contributed by atoms with Crippen LogP contribution in [0.25, 0.3) is 0 Å². The maximum Gasteiger partial charge on any atom is 0.123 e. The first-order valence-electron chi connectivity index (χ1n) is 11.6. The number of phenolic OH excluding ortho intramolecular Hbond substituents is 2. The van der Waals surface area contributed by atoms with Gasteiger partial charge in [-0.3, -0.25) is 0 Å². The summed E-state index contributed by atoms with van der Waals surface area (Å²) in [7, 11) is 0. The van der Waals surface area contributed by atoms with Crippen molar-refractivity contribution in [1.29, 1.82) is 0 Å². The molecule has 2 nitrogen and oxygen atoms in total. The summed E-state index contributed by atoms with van der Waals surface area (Å²) in [6, 6.07) is 4.01. The molecule has 0 radical (unpaired) electrons. The van der Waals surface area contributed by atoms with Gasteiger partial charge in [0.05, 0.1) is 0 Å². The van der Waals surface area contributed by atoms with Gasteiger partial charge in [-0.15, -0.1) is 0 Å². The van der Waals surface area contributed by atoms with Crippen LogP contribution in [0.3, 0.4) is 0 Å². The number of aromatic hydroxyl groups is 2. The lowest BCUT2D eigenvalue weighted by Gasteiger charge is -2.59. The van der Waals surface area contributed by atoms with E-state index in [1.807, 2.05) is 12.1 Å². The van der Waals surface area contributed by atoms with Gasteiger partial charge in [0.25, 0.3) is 0 Å². The standard InChI is InChI=1S/C26H37BrO2/c1-17-13-19(21-16-20(17)25(21,2)3)24-22(28)14-18(15-23(24)29)26(10-6-7-11-26)9-5-4-8-12-27/h13-15,19-21,28-29H,4-12,16H2,1-3H3/t19?,20-,21+/m1/s1. The average molecular weight is 461 g/mol. The number of alkyl halides is 1. The van der Waals surface area contributed by atoms with E-state index < -0.39 is 0 Å². The Bertz CT molecular complexity index is 765. The topological polar surface area (TPSA) is 40.5 Å². The van der Waals surface area contributed by atoms with Crippen LogP contribution in [0.5, 0.6) is 11.5 Å². The van der Waals surface area contributed by atoms with Crippen molar-refractivity contribution >= 4 is 15.9 Å². The van der Waals surface area contributed by atoms with E-state index >= 15 is 0 Å². The van der Waals surface area contributed by atoms with Crippen molar-refractivity contribution in [3.05, 3.63) is 34.9 Å². The number of rotatable bonds is 7. The lowest BCUT2D eigenvalue weighted by Crippen LogP contribution is -2.50. The number of phenols is 2. The molecular formula is C26H37BrO2. The highest BCUT2D eigenvalue weighted by Gasteiger charge is 2.55. The van der Waals surface area contributed by atoms with Gasteiger partial charge < -0.3 is 10.2 Å². The highest BCUT2D eigenvalue weighted by atomic mass is 79.9. The van der Waals surface area contributed by atoms with Gasteiger partial charge in [0.2, 0.25) is 0 Å². The van der Waals surface area contributed by atoms with Gasteiger partial charge in [0.15, 0.2) is 0 Å². The predicted molar refractivity (Wildman–Crippen MR) is 124 cm³/mol. The number of halogens is 1. The highest BCUT2D eigenvalue weighted by molar-refractivity contribution is 9.09. The van der Waals surface area contributed by atoms with E-state index in [0.29, 0.717) is 23.3 Å². The van der Waals surface area contributed by atoms with Gasteiger partial charge in [0, 0.05) is 16.8 Å². The molecule has 0 saturated heterocycles. The third-order valence-electron chi connectivity index (χ3n) is 8.70. The van der Waals surface area contributed by atoms with Crippen molar-refractivity contribution in [3.8, 4) is 11.5 Å². The second kappa shape index (κ2) is 7.94. The Morgan fingerprint density at radius 2 is 1.69 bits per heavy atom. The third-order valence-corrected chi connectivity index (χ3v) is 9.26. The van der Waals surface area contributed by atoms with Crippen molar-refractivity contribution in [3.63, 3.8) is 0 Å². The summed E-state index contributed by atoms with van der Waals surface area (Å²) in [5.41, 5.74) is 3.73. The molecule has 0 aromatic heterocycles. The Kier molecular flexibility index (Phi) is 5.83. The molecule has 3 heteroatoms. The molecule has 2 fully saturated rings. The lowest BCUT2D eigenvalue weighted by molar-refractivity contribution is -0.0198. The zero-order chi connectivity index (χ0) is 20.8. The van der Waals surface area contributed by atoms with Crippen LogP contribution in [-0.4, -0.2) is 15.5 Å². The average Bonchev–Trinajstić information content (AvgIpc) is 3.14. The molecule has 1 aromatic rings. The molecule has 0 aliphatic heterocycles. The monoisotopic (exact) mass is 460 g/mol. The Labute approximate surface area is 184 Å². The summed E-state index contributed by atoms with van der Waals surface area (Å²) in [4.78, 5) is 0. The zero-order valence-electron chi connectivity index (χ0n) is 18.3. The van der Waals surface area contributed by atoms with E-state index in [1.165, 1.54) is 56.9 Å². The number of unbranched alkanes of at least 4 members (excludes halogenated alkanes) is 2. The summed E-state index contributed by atoms with van der Waals surface area (Å²) < 4.78 is 0. The van der Waals surface area contributed by atoms with Crippen molar-refractivity contribution in [2.45, 2.75) is 89.9 Å². The van der Waals surface area contributed by atoms with Crippen molar-refractivity contribution < 1.29 is 10.2 Å². The molecule has 3 atom stereocenters. The van der Waals surface area contributed by atoms with E-state index in [-0.39, 0.29) is 16.7 Å². The van der Waals surface area contributed by atoms with Crippen LogP contribution >= 0.6 is 15.9 Å². The maximum absolute atomic E-state index is 11.1. The molecule has 1 unspecified atom stereocenters. The SMILES string of the molecule is CC1=CC(c2c(O)cc(C3(CCCCCBr)CCCC3)cc2O)[C@@H]2C[C@H]1C2(C)C. The molecule has 0 spiro atoms. The van der Waals surface area contributed by atoms with Crippen LogP contribution < -0.4 is 0 Å². The first kappa shape index (κ1) is 21.3. The van der Waals surface area contributed by atoms with Crippen molar-refractivity contribution in [2.24, 2.45) is 17.3 Å². The second-order valence-electron chi connectivity index (χ2n) is 10.6. The molecule has 2 bridgehead atoms. The fraction of sp³-hybridized carbons (Fsp3) is 0.692. The first-order chi connectivity index (χ1) is 13.8. The van der Waals surface area contributed by atoms with Crippen LogP contribution in [0.2, 0.25) is 0 Å². The van der Waals surface area contributed by atoms with Crippen LogP contribution in [0.1, 0.15) is 95.6 Å². The van der Waals surface area contributed by atoms with Gasteiger partial charge in [-0.05, 0) is 79.4 Å². The minimum absolute atomic E-state index is 0.127. The summed E-state index contributed by atoms with van der Waals surface area (Å²) >= 11 is 3.54. The molecule has 0 heterocycles. The third kappa shape index (κ3) is 3.56. The van der Waals surface area contributed by atoms with Crippen molar-refractivity contribution in [2.75, 3.05) is 5.33 Å². The molecule has 2 N–H and O–H groups in total. The zero-order valence-corrected chi connectivity index (χ0v) is 19.9. The van der Waals surface area contributed by atoms with Crippen LogP contribution in [-0.2, 0) is 5.41 Å². The van der Waals surface area contributed by atoms with Crippen LogP contribution in [0, 0.1) is 17.3 Å². The molecular weight excluding hydrogens is 424 g/mol. The maximum atomic E-state index is 11.1. The summed E-state index contributed by atoms with van der Waals surface area (Å²) in [6.45, 7) is 6.91. The smallest absolute Gasteiger partial charge is 0.123 e. The molecule has 4 aliphatic rings. The van der Waals surface area contributed by atoms with Gasteiger partial charge in [-0.25, -0.2) is 0 Å². The van der Waals surface area contributed by atoms with Crippen molar-refractivity contribution in [1.82, 2.24) is 0 Å². The number of fused-ring (bicyclic) bond motifs is 1. The van der Waals surface area contributed by atoms with Crippen LogP contribution in [0.15, 0.2) is 23.8 Å². The van der Waals surface area contributed by atoms with E-state index in [9.17, 15) is 10.2 Å². The highest BCUT2D eigenvalue weighted by Crippen LogP contribution is 2.65. The van der Waals surface area contributed by atoms with E-state index in [4.69, 9.17) is 0 Å². The Morgan fingerprint density at radius 3 is 2.24 bits per heavy atom. The summed E-state index contributed by atoms with van der Waals surface area (Å²) in [6.07, 6.45) is 13.2. The molecule has 5 rings (SSSR count). The van der Waals surface area contributed by atoms with Gasteiger partial charge in [-0.2, -0.15) is 0 Å². The summed E-state index contributed by atoms with van der Waals surface area (Å²) in [5.74, 6) is 1.91. The first-order valence-corrected chi connectivity index (χ1v) is 12.7. The Balaban J connectivity index is 1.64. The summed E-state index contributed by atoms with van der Waals surface area (Å²) in [5, 5.41) is 23.3. The van der Waals surface area contributed by atoms with E-state index in [2.05, 4.69) is 42.8 Å². The minimum atomic E-state index is 0.127. The van der Waals surface area contributed by atoms with Crippen LogP contribution in [0.4, 0.5) is 0 Å². The molecule has 0 amide bonds. The van der Waals surface area contributed by atoms with E-state index in [0.717, 1.165) is 22.9 Å². The molecule has 160 valence electrons. The number of benzene rings is 1. The number of hydrogen-bond donors (Lipinski definition) is 2. The predicted octanol–water partition coefficient (Wildman–Crippen LogP) is 7.57. The number of allylic oxidation sites excluding steroid dienone is 2. The fourth-order valence-corrected chi connectivity index (χ4v) is 7.28. The van der Waals surface area contributed by atoms with E-state index in [1.54, 1.807) is 0 Å². The van der Waals surface area contributed by atoms with Gasteiger partial charge in [-0.1, -0.05) is 67.1 Å². The van der Waals surface area contributed by atoms with Gasteiger partial charge >= 0.3 is 0 Å². The fourth-order valence-electron chi connectivity index (χ4n) is 6.88. The molecule has 1 aromatic carbocycles. The second-order valence-corrected chi connectivity index (χ2v) is 11.4. The Hall–Kier alpha value is -0.960. The Morgan fingerprint density at radius 1 is 1.03 bits per heavy atom. The molecule has 29 heavy (non-hydrogen) atoms. The molecule has 2 saturated carbocycles. The minimum Gasteiger partial charge on any atom is -0.507 e. The normalized spacial score (nSPS) is 29.4.